The Labute approximate surface area is 205 Å². The molecule has 1 amide bonds. The van der Waals surface area contributed by atoms with Gasteiger partial charge in [-0.2, -0.15) is 18.3 Å². The summed E-state index contributed by atoms with van der Waals surface area (Å²) in [6.07, 6.45) is 0.790. The van der Waals surface area contributed by atoms with Crippen LogP contribution < -0.4 is 4.90 Å². The highest BCUT2D eigenvalue weighted by atomic mass is 19.4. The van der Waals surface area contributed by atoms with E-state index in [1.165, 1.54) is 35.3 Å². The average Bonchev–Trinajstić information content (AvgIpc) is 3.24. The van der Waals surface area contributed by atoms with Crippen LogP contribution in [0.4, 0.5) is 23.4 Å². The maximum atomic E-state index is 13.7. The number of carbonyl (C=O) groups excluding carboxylic acids is 1. The van der Waals surface area contributed by atoms with Gasteiger partial charge in [-0.15, -0.1) is 0 Å². The first-order valence-corrected chi connectivity index (χ1v) is 12.0. The molecule has 5 rings (SSSR count). The number of hydrogen-bond acceptors (Lipinski definition) is 5. The van der Waals surface area contributed by atoms with Crippen molar-refractivity contribution in [3.63, 3.8) is 0 Å². The number of rotatable bonds is 5. The van der Waals surface area contributed by atoms with Crippen LogP contribution in [-0.2, 0) is 30.5 Å². The molecule has 0 atom stereocenters. The highest BCUT2D eigenvalue weighted by molar-refractivity contribution is 5.76. The Bertz CT molecular complexity index is 1200. The molecule has 0 bridgehead atoms. The average molecular weight is 503 g/mol. The number of alkyl halides is 3. The first-order valence-electron chi connectivity index (χ1n) is 12.0. The number of hydrogen-bond donors (Lipinski definition) is 0. The first kappa shape index (κ1) is 24.2. The molecule has 2 aliphatic heterocycles. The standard InChI is InChI=1S/C25H26F4N6O/c26-19-3-1-18(2-4-19)14-35-21-15-34(12-8-20(21)24(32-35)25(27,28)29)23(36)13-17-6-10-33(11-7-17)22-5-9-30-16-31-22/h1-5,9,16-17H,6-8,10-15H2. The summed E-state index contributed by atoms with van der Waals surface area (Å²) in [6.45, 7) is 1.97. The summed E-state index contributed by atoms with van der Waals surface area (Å²) in [5, 5.41) is 3.87. The van der Waals surface area contributed by atoms with Gasteiger partial charge in [0.05, 0.1) is 18.8 Å². The summed E-state index contributed by atoms with van der Waals surface area (Å²) in [5.74, 6) is 0.612. The van der Waals surface area contributed by atoms with Crippen molar-refractivity contribution >= 4 is 11.7 Å². The largest absolute Gasteiger partial charge is 0.435 e. The van der Waals surface area contributed by atoms with E-state index in [4.69, 9.17) is 0 Å². The van der Waals surface area contributed by atoms with Crippen molar-refractivity contribution in [1.82, 2.24) is 24.6 Å². The van der Waals surface area contributed by atoms with E-state index in [9.17, 15) is 22.4 Å². The summed E-state index contributed by atoms with van der Waals surface area (Å²) in [6, 6.07) is 7.44. The monoisotopic (exact) mass is 502 g/mol. The number of nitrogens with zero attached hydrogens (tertiary/aromatic N) is 6. The van der Waals surface area contributed by atoms with Crippen molar-refractivity contribution in [2.75, 3.05) is 24.5 Å². The Morgan fingerprint density at radius 2 is 1.81 bits per heavy atom. The van der Waals surface area contributed by atoms with Gasteiger partial charge < -0.3 is 9.80 Å². The second kappa shape index (κ2) is 9.87. The molecule has 36 heavy (non-hydrogen) atoms. The maximum Gasteiger partial charge on any atom is 0.435 e. The topological polar surface area (TPSA) is 67.2 Å². The Balaban J connectivity index is 1.26. The number of aromatic nitrogens is 4. The number of benzene rings is 1. The van der Waals surface area contributed by atoms with Crippen molar-refractivity contribution in [2.45, 2.75) is 44.9 Å². The number of halogens is 4. The van der Waals surface area contributed by atoms with Gasteiger partial charge >= 0.3 is 6.18 Å². The second-order valence-electron chi connectivity index (χ2n) is 9.32. The minimum absolute atomic E-state index is 0.0516. The van der Waals surface area contributed by atoms with E-state index in [1.807, 2.05) is 6.07 Å². The SMILES string of the molecule is O=C(CC1CCN(c2ccncn2)CC1)N1CCc2c(C(F)(F)F)nn(Cc3ccc(F)cc3)c2C1. The highest BCUT2D eigenvalue weighted by Gasteiger charge is 2.41. The van der Waals surface area contributed by atoms with Crippen LogP contribution in [-0.4, -0.2) is 50.2 Å². The Kier molecular flexibility index (Phi) is 6.63. The van der Waals surface area contributed by atoms with Crippen molar-refractivity contribution in [3.8, 4) is 0 Å². The lowest BCUT2D eigenvalue weighted by Crippen LogP contribution is -2.40. The van der Waals surface area contributed by atoms with E-state index in [0.717, 1.165) is 31.7 Å². The van der Waals surface area contributed by atoms with Crippen LogP contribution in [0.1, 0.15) is 41.8 Å². The summed E-state index contributed by atoms with van der Waals surface area (Å²) >= 11 is 0. The van der Waals surface area contributed by atoms with Crippen LogP contribution in [0.15, 0.2) is 42.9 Å². The quantitative estimate of drug-likeness (QED) is 0.492. The van der Waals surface area contributed by atoms with Gasteiger partial charge in [-0.3, -0.25) is 9.48 Å². The molecule has 0 spiro atoms. The van der Waals surface area contributed by atoms with Gasteiger partial charge in [0.15, 0.2) is 5.69 Å². The fourth-order valence-corrected chi connectivity index (χ4v) is 5.03. The molecule has 0 aliphatic carbocycles. The molecular formula is C25H26F4N6O. The molecule has 1 fully saturated rings. The lowest BCUT2D eigenvalue weighted by Gasteiger charge is -2.34. The number of anilines is 1. The molecule has 7 nitrogen and oxygen atoms in total. The number of fused-ring (bicyclic) bond motifs is 1. The predicted molar refractivity (Wildman–Crippen MR) is 123 cm³/mol. The van der Waals surface area contributed by atoms with Gasteiger partial charge in [-0.1, -0.05) is 12.1 Å². The fourth-order valence-electron chi connectivity index (χ4n) is 5.03. The Morgan fingerprint density at radius 3 is 2.47 bits per heavy atom. The lowest BCUT2D eigenvalue weighted by molar-refractivity contribution is -0.142. The lowest BCUT2D eigenvalue weighted by atomic mass is 9.92. The van der Waals surface area contributed by atoms with E-state index < -0.39 is 17.7 Å². The fraction of sp³-hybridized carbons (Fsp3) is 0.440. The minimum atomic E-state index is -4.58. The van der Waals surface area contributed by atoms with E-state index in [0.29, 0.717) is 17.7 Å². The third-order valence-corrected chi connectivity index (χ3v) is 6.97. The molecule has 190 valence electrons. The summed E-state index contributed by atoms with van der Waals surface area (Å²) in [4.78, 5) is 25.2. The summed E-state index contributed by atoms with van der Waals surface area (Å²) in [5.41, 5.74) is 0.273. The van der Waals surface area contributed by atoms with Crippen LogP contribution in [0.5, 0.6) is 0 Å². The van der Waals surface area contributed by atoms with Crippen molar-refractivity contribution in [1.29, 1.82) is 0 Å². The maximum absolute atomic E-state index is 13.7. The zero-order chi connectivity index (χ0) is 25.3. The van der Waals surface area contributed by atoms with Crippen molar-refractivity contribution < 1.29 is 22.4 Å². The van der Waals surface area contributed by atoms with E-state index in [-0.39, 0.29) is 43.4 Å². The molecule has 11 heteroatoms. The van der Waals surface area contributed by atoms with Gasteiger partial charge in [-0.25, -0.2) is 14.4 Å². The van der Waals surface area contributed by atoms with Gasteiger partial charge in [0.1, 0.15) is 18.0 Å². The predicted octanol–water partition coefficient (Wildman–Crippen LogP) is 4.07. The van der Waals surface area contributed by atoms with Gasteiger partial charge in [-0.05, 0) is 48.9 Å². The molecule has 3 aromatic rings. The molecule has 0 saturated carbocycles. The van der Waals surface area contributed by atoms with Crippen LogP contribution in [0.25, 0.3) is 0 Å². The zero-order valence-electron chi connectivity index (χ0n) is 19.6. The molecule has 4 heterocycles. The molecule has 0 unspecified atom stereocenters. The summed E-state index contributed by atoms with van der Waals surface area (Å²) < 4.78 is 55.6. The van der Waals surface area contributed by atoms with E-state index >= 15 is 0 Å². The Hall–Kier alpha value is -3.50. The summed E-state index contributed by atoms with van der Waals surface area (Å²) in [7, 11) is 0. The highest BCUT2D eigenvalue weighted by Crippen LogP contribution is 2.36. The van der Waals surface area contributed by atoms with Crippen molar-refractivity contribution in [2.24, 2.45) is 5.92 Å². The van der Waals surface area contributed by atoms with Crippen LogP contribution in [0.3, 0.4) is 0 Å². The van der Waals surface area contributed by atoms with Crippen LogP contribution in [0.2, 0.25) is 0 Å². The number of carbonyl (C=O) groups is 1. The van der Waals surface area contributed by atoms with E-state index in [2.05, 4.69) is 20.0 Å². The van der Waals surface area contributed by atoms with Gasteiger partial charge in [0.2, 0.25) is 5.91 Å². The molecule has 0 N–H and O–H groups in total. The number of piperidine rings is 1. The van der Waals surface area contributed by atoms with Gasteiger partial charge in [0, 0.05) is 37.8 Å². The van der Waals surface area contributed by atoms with Crippen LogP contribution in [0, 0.1) is 11.7 Å². The molecule has 0 radical (unpaired) electrons. The molecule has 2 aromatic heterocycles. The molecular weight excluding hydrogens is 476 g/mol. The zero-order valence-corrected chi connectivity index (χ0v) is 19.6. The third-order valence-electron chi connectivity index (χ3n) is 6.97. The third kappa shape index (κ3) is 5.19. The normalized spacial score (nSPS) is 16.8. The molecule has 2 aliphatic rings. The van der Waals surface area contributed by atoms with Crippen molar-refractivity contribution in [3.05, 3.63) is 71.2 Å². The molecule has 1 saturated heterocycles. The second-order valence-corrected chi connectivity index (χ2v) is 9.32. The minimum Gasteiger partial charge on any atom is -0.357 e. The van der Waals surface area contributed by atoms with Crippen LogP contribution >= 0.6 is 0 Å². The van der Waals surface area contributed by atoms with E-state index in [1.54, 1.807) is 11.1 Å². The first-order chi connectivity index (χ1) is 17.3. The smallest absolute Gasteiger partial charge is 0.357 e. The Morgan fingerprint density at radius 1 is 1.06 bits per heavy atom. The molecule has 1 aromatic carbocycles. The number of amides is 1. The van der Waals surface area contributed by atoms with Gasteiger partial charge in [0.25, 0.3) is 0 Å².